The molecule has 20 heavy (non-hydrogen) atoms. The summed E-state index contributed by atoms with van der Waals surface area (Å²) in [5.41, 5.74) is 7.59. The van der Waals surface area contributed by atoms with Gasteiger partial charge in [-0.05, 0) is 24.3 Å². The SMILES string of the molecule is CNN1C=Cc2cncc(Nc3cccc(Br)c3)c2C1. The second-order valence-corrected chi connectivity index (χ2v) is 5.47. The Kier molecular flexibility index (Phi) is 3.71. The van der Waals surface area contributed by atoms with Crippen LogP contribution in [0.1, 0.15) is 11.1 Å². The molecular formula is C15H15BrN4. The van der Waals surface area contributed by atoms with E-state index >= 15 is 0 Å². The van der Waals surface area contributed by atoms with Crippen LogP contribution < -0.4 is 10.7 Å². The molecule has 0 saturated heterocycles. The molecule has 0 amide bonds. The van der Waals surface area contributed by atoms with Crippen molar-refractivity contribution in [1.29, 1.82) is 0 Å². The number of benzene rings is 1. The summed E-state index contributed by atoms with van der Waals surface area (Å²) in [6.07, 6.45) is 7.85. The second-order valence-electron chi connectivity index (χ2n) is 4.56. The van der Waals surface area contributed by atoms with Crippen LogP contribution in [0.5, 0.6) is 0 Å². The van der Waals surface area contributed by atoms with Crippen molar-refractivity contribution >= 4 is 33.4 Å². The van der Waals surface area contributed by atoms with Gasteiger partial charge in [0.2, 0.25) is 0 Å². The first kappa shape index (κ1) is 13.1. The number of rotatable bonds is 3. The summed E-state index contributed by atoms with van der Waals surface area (Å²) >= 11 is 3.49. The van der Waals surface area contributed by atoms with Crippen molar-refractivity contribution < 1.29 is 0 Å². The van der Waals surface area contributed by atoms with Gasteiger partial charge in [-0.3, -0.25) is 4.98 Å². The highest BCUT2D eigenvalue weighted by molar-refractivity contribution is 9.10. The van der Waals surface area contributed by atoms with Gasteiger partial charge >= 0.3 is 0 Å². The van der Waals surface area contributed by atoms with Crippen molar-refractivity contribution in [1.82, 2.24) is 15.4 Å². The molecule has 0 spiro atoms. The zero-order valence-electron chi connectivity index (χ0n) is 11.1. The Morgan fingerprint density at radius 1 is 1.30 bits per heavy atom. The smallest absolute Gasteiger partial charge is 0.0628 e. The number of fused-ring (bicyclic) bond motifs is 1. The molecule has 1 aliphatic heterocycles. The van der Waals surface area contributed by atoms with Crippen LogP contribution in [0.15, 0.2) is 47.3 Å². The average molecular weight is 331 g/mol. The molecule has 1 aromatic heterocycles. The van der Waals surface area contributed by atoms with E-state index in [0.29, 0.717) is 0 Å². The standard InChI is InChI=1S/C15H15BrN4/c1-17-20-6-5-11-8-18-9-15(14(11)10-20)19-13-4-2-3-12(16)7-13/h2-9,17,19H,10H2,1H3. The second kappa shape index (κ2) is 5.64. The lowest BCUT2D eigenvalue weighted by Crippen LogP contribution is -2.31. The van der Waals surface area contributed by atoms with E-state index in [-0.39, 0.29) is 0 Å². The third-order valence-corrected chi connectivity index (χ3v) is 3.74. The lowest BCUT2D eigenvalue weighted by Gasteiger charge is -2.26. The topological polar surface area (TPSA) is 40.2 Å². The third kappa shape index (κ3) is 2.69. The van der Waals surface area contributed by atoms with Gasteiger partial charge in [0.05, 0.1) is 18.4 Å². The maximum atomic E-state index is 4.30. The Labute approximate surface area is 126 Å². The van der Waals surface area contributed by atoms with Crippen LogP contribution in [0.2, 0.25) is 0 Å². The predicted molar refractivity (Wildman–Crippen MR) is 85.3 cm³/mol. The predicted octanol–water partition coefficient (Wildman–Crippen LogP) is 3.51. The van der Waals surface area contributed by atoms with Gasteiger partial charge in [-0.2, -0.15) is 0 Å². The highest BCUT2D eigenvalue weighted by Crippen LogP contribution is 2.28. The first-order chi connectivity index (χ1) is 9.76. The van der Waals surface area contributed by atoms with Crippen LogP contribution >= 0.6 is 15.9 Å². The molecule has 1 aliphatic rings. The third-order valence-electron chi connectivity index (χ3n) is 3.24. The summed E-state index contributed by atoms with van der Waals surface area (Å²) in [4.78, 5) is 4.30. The van der Waals surface area contributed by atoms with Gasteiger partial charge in [-0.1, -0.05) is 22.0 Å². The quantitative estimate of drug-likeness (QED) is 0.903. The Morgan fingerprint density at radius 3 is 3.00 bits per heavy atom. The van der Waals surface area contributed by atoms with Crippen molar-refractivity contribution in [3.05, 3.63) is 58.5 Å². The van der Waals surface area contributed by atoms with Gasteiger partial charge in [-0.15, -0.1) is 0 Å². The summed E-state index contributed by atoms with van der Waals surface area (Å²) in [7, 11) is 1.91. The molecule has 1 aromatic carbocycles. The maximum absolute atomic E-state index is 4.30. The van der Waals surface area contributed by atoms with E-state index in [9.17, 15) is 0 Å². The molecule has 3 rings (SSSR count). The number of anilines is 2. The molecule has 0 unspecified atom stereocenters. The van der Waals surface area contributed by atoms with Crippen LogP contribution in [0.25, 0.3) is 6.08 Å². The van der Waals surface area contributed by atoms with Crippen LogP contribution in [-0.2, 0) is 6.54 Å². The molecule has 2 N–H and O–H groups in total. The van der Waals surface area contributed by atoms with E-state index in [0.717, 1.165) is 28.0 Å². The first-order valence-electron chi connectivity index (χ1n) is 6.38. The normalized spacial score (nSPS) is 13.2. The lowest BCUT2D eigenvalue weighted by molar-refractivity contribution is 0.289. The van der Waals surface area contributed by atoms with E-state index in [4.69, 9.17) is 0 Å². The van der Waals surface area contributed by atoms with E-state index in [1.165, 1.54) is 5.56 Å². The molecule has 0 bridgehead atoms. The maximum Gasteiger partial charge on any atom is 0.0628 e. The number of halogens is 1. The number of nitrogens with zero attached hydrogens (tertiary/aromatic N) is 2. The fraction of sp³-hybridized carbons (Fsp3) is 0.133. The molecule has 0 aliphatic carbocycles. The minimum absolute atomic E-state index is 0.807. The van der Waals surface area contributed by atoms with Crippen LogP contribution in [-0.4, -0.2) is 17.0 Å². The zero-order chi connectivity index (χ0) is 13.9. The summed E-state index contributed by atoms with van der Waals surface area (Å²) in [5.74, 6) is 0. The summed E-state index contributed by atoms with van der Waals surface area (Å²) in [5, 5.41) is 5.47. The van der Waals surface area contributed by atoms with E-state index < -0.39 is 0 Å². The summed E-state index contributed by atoms with van der Waals surface area (Å²) in [6.45, 7) is 0.807. The number of hydrogen-bond acceptors (Lipinski definition) is 4. The Bertz CT molecular complexity index is 654. The first-order valence-corrected chi connectivity index (χ1v) is 7.17. The molecule has 5 heteroatoms. The van der Waals surface area contributed by atoms with E-state index in [1.807, 2.05) is 54.9 Å². The monoisotopic (exact) mass is 330 g/mol. The number of nitrogens with one attached hydrogen (secondary N) is 2. The van der Waals surface area contributed by atoms with Gasteiger partial charge in [-0.25, -0.2) is 5.43 Å². The van der Waals surface area contributed by atoms with Gasteiger partial charge in [0.25, 0.3) is 0 Å². The van der Waals surface area contributed by atoms with Gasteiger partial charge in [0, 0.05) is 40.7 Å². The Morgan fingerprint density at radius 2 is 2.20 bits per heavy atom. The van der Waals surface area contributed by atoms with Crippen LogP contribution in [0.3, 0.4) is 0 Å². The average Bonchev–Trinajstić information content (AvgIpc) is 2.47. The van der Waals surface area contributed by atoms with Gasteiger partial charge < -0.3 is 10.3 Å². The number of hydrazine groups is 1. The van der Waals surface area contributed by atoms with Crippen molar-refractivity contribution in [2.75, 3.05) is 12.4 Å². The summed E-state index contributed by atoms with van der Waals surface area (Å²) < 4.78 is 1.05. The minimum atomic E-state index is 0.807. The molecular weight excluding hydrogens is 316 g/mol. The Balaban J connectivity index is 1.93. The van der Waals surface area contributed by atoms with Crippen molar-refractivity contribution in [3.8, 4) is 0 Å². The van der Waals surface area contributed by atoms with Gasteiger partial charge in [0.15, 0.2) is 0 Å². The Hall–Kier alpha value is -1.85. The molecule has 102 valence electrons. The highest BCUT2D eigenvalue weighted by Gasteiger charge is 2.14. The zero-order valence-corrected chi connectivity index (χ0v) is 12.7. The molecule has 0 fully saturated rings. The van der Waals surface area contributed by atoms with E-state index in [2.05, 4.69) is 37.7 Å². The number of pyridine rings is 1. The van der Waals surface area contributed by atoms with Crippen molar-refractivity contribution in [2.24, 2.45) is 0 Å². The molecule has 0 saturated carbocycles. The molecule has 0 radical (unpaired) electrons. The minimum Gasteiger partial charge on any atom is -0.354 e. The number of aromatic nitrogens is 1. The molecule has 2 aromatic rings. The highest BCUT2D eigenvalue weighted by atomic mass is 79.9. The lowest BCUT2D eigenvalue weighted by atomic mass is 10.1. The van der Waals surface area contributed by atoms with Crippen LogP contribution in [0.4, 0.5) is 11.4 Å². The fourth-order valence-electron chi connectivity index (χ4n) is 2.20. The summed E-state index contributed by atoms with van der Waals surface area (Å²) in [6, 6.07) is 8.11. The van der Waals surface area contributed by atoms with E-state index in [1.54, 1.807) is 0 Å². The fourth-order valence-corrected chi connectivity index (χ4v) is 2.60. The van der Waals surface area contributed by atoms with Crippen LogP contribution in [0, 0.1) is 0 Å². The molecule has 4 nitrogen and oxygen atoms in total. The van der Waals surface area contributed by atoms with Gasteiger partial charge in [0.1, 0.15) is 0 Å². The van der Waals surface area contributed by atoms with Crippen molar-refractivity contribution in [2.45, 2.75) is 6.54 Å². The largest absolute Gasteiger partial charge is 0.354 e. The molecule has 2 heterocycles. The number of hydrogen-bond donors (Lipinski definition) is 2. The van der Waals surface area contributed by atoms with Crippen molar-refractivity contribution in [3.63, 3.8) is 0 Å². The molecule has 0 atom stereocenters.